The van der Waals surface area contributed by atoms with Crippen LogP contribution in [0.5, 0.6) is 11.5 Å². The highest BCUT2D eigenvalue weighted by atomic mass is 32.2. The van der Waals surface area contributed by atoms with Gasteiger partial charge in [0.15, 0.2) is 18.1 Å². The Balaban J connectivity index is 1.53. The third-order valence-electron chi connectivity index (χ3n) is 5.20. The number of hydrogen-bond donors (Lipinski definition) is 0. The second-order valence-corrected chi connectivity index (χ2v) is 9.18. The largest absolute Gasteiger partial charge is 0.493 e. The first kappa shape index (κ1) is 23.6. The fourth-order valence-electron chi connectivity index (χ4n) is 3.30. The van der Waals surface area contributed by atoms with E-state index < -0.39 is 22.6 Å². The molecule has 0 radical (unpaired) electrons. The topological polar surface area (TPSA) is 102 Å². The Hall–Kier alpha value is -3.11. The van der Waals surface area contributed by atoms with Gasteiger partial charge in [-0.3, -0.25) is 4.79 Å². The van der Waals surface area contributed by atoms with Crippen LogP contribution in [0, 0.1) is 6.92 Å². The predicted molar refractivity (Wildman–Crippen MR) is 116 cm³/mol. The van der Waals surface area contributed by atoms with Crippen molar-refractivity contribution in [1.82, 2.24) is 9.21 Å². The number of benzene rings is 2. The van der Waals surface area contributed by atoms with Crippen molar-refractivity contribution in [2.75, 3.05) is 47.0 Å². The van der Waals surface area contributed by atoms with Gasteiger partial charge in [-0.05, 0) is 37.3 Å². The van der Waals surface area contributed by atoms with Gasteiger partial charge in [0.05, 0.1) is 24.7 Å². The van der Waals surface area contributed by atoms with Crippen molar-refractivity contribution in [2.24, 2.45) is 0 Å². The molecule has 1 amide bonds. The summed E-state index contributed by atoms with van der Waals surface area (Å²) >= 11 is 0. The van der Waals surface area contributed by atoms with Gasteiger partial charge >= 0.3 is 5.97 Å². The summed E-state index contributed by atoms with van der Waals surface area (Å²) in [6, 6.07) is 11.2. The number of amides is 1. The smallest absolute Gasteiger partial charge is 0.338 e. The van der Waals surface area contributed by atoms with Crippen molar-refractivity contribution >= 4 is 21.9 Å². The van der Waals surface area contributed by atoms with Gasteiger partial charge in [-0.1, -0.05) is 17.7 Å². The molecule has 0 bridgehead atoms. The number of hydrogen-bond acceptors (Lipinski definition) is 7. The molecule has 1 heterocycles. The minimum atomic E-state index is -3.61. The van der Waals surface area contributed by atoms with Crippen LogP contribution in [0.4, 0.5) is 0 Å². The van der Waals surface area contributed by atoms with Gasteiger partial charge in [0, 0.05) is 26.2 Å². The van der Waals surface area contributed by atoms with Gasteiger partial charge < -0.3 is 19.1 Å². The molecule has 0 unspecified atom stereocenters. The van der Waals surface area contributed by atoms with Crippen LogP contribution in [0.15, 0.2) is 47.4 Å². The molecular formula is C22H26N2O7S. The lowest BCUT2D eigenvalue weighted by Gasteiger charge is -2.33. The van der Waals surface area contributed by atoms with E-state index in [2.05, 4.69) is 0 Å². The molecule has 1 saturated heterocycles. The quantitative estimate of drug-likeness (QED) is 0.577. The first-order chi connectivity index (χ1) is 15.3. The molecule has 1 aliphatic rings. The summed E-state index contributed by atoms with van der Waals surface area (Å²) in [5, 5.41) is 0. The van der Waals surface area contributed by atoms with Crippen molar-refractivity contribution in [3.8, 4) is 11.5 Å². The van der Waals surface area contributed by atoms with E-state index in [1.807, 2.05) is 6.92 Å². The second kappa shape index (κ2) is 10.0. The number of rotatable bonds is 7. The average Bonchev–Trinajstić information content (AvgIpc) is 2.82. The molecule has 2 aromatic rings. The Bertz CT molecular complexity index is 1080. The number of nitrogens with zero attached hydrogens (tertiary/aromatic N) is 2. The molecule has 10 heteroatoms. The van der Waals surface area contributed by atoms with Crippen LogP contribution in [0.2, 0.25) is 0 Å². The summed E-state index contributed by atoms with van der Waals surface area (Å²) in [5.41, 5.74) is 1.20. The molecule has 1 fully saturated rings. The van der Waals surface area contributed by atoms with Gasteiger partial charge in [0.1, 0.15) is 0 Å². The van der Waals surface area contributed by atoms with Crippen molar-refractivity contribution in [1.29, 1.82) is 0 Å². The summed E-state index contributed by atoms with van der Waals surface area (Å²) in [6.07, 6.45) is 0. The summed E-state index contributed by atoms with van der Waals surface area (Å²) in [5.74, 6) is -0.205. The molecule has 9 nitrogen and oxygen atoms in total. The number of piperazine rings is 1. The second-order valence-electron chi connectivity index (χ2n) is 7.24. The number of aryl methyl sites for hydroxylation is 1. The van der Waals surface area contributed by atoms with Gasteiger partial charge in [0.2, 0.25) is 10.0 Å². The average molecular weight is 463 g/mol. The van der Waals surface area contributed by atoms with Crippen LogP contribution >= 0.6 is 0 Å². The molecule has 0 aliphatic carbocycles. The van der Waals surface area contributed by atoms with Gasteiger partial charge in [-0.2, -0.15) is 4.31 Å². The molecule has 0 N–H and O–H groups in total. The number of carbonyl (C=O) groups excluding carboxylic acids is 2. The third-order valence-corrected chi connectivity index (χ3v) is 7.11. The zero-order chi connectivity index (χ0) is 23.3. The fourth-order valence-corrected chi connectivity index (χ4v) is 4.72. The highest BCUT2D eigenvalue weighted by Crippen LogP contribution is 2.27. The number of sulfonamides is 1. The van der Waals surface area contributed by atoms with Crippen LogP contribution in [-0.2, 0) is 19.6 Å². The highest BCUT2D eigenvalue weighted by molar-refractivity contribution is 7.89. The van der Waals surface area contributed by atoms with Crippen molar-refractivity contribution in [3.63, 3.8) is 0 Å². The maximum Gasteiger partial charge on any atom is 0.338 e. The minimum Gasteiger partial charge on any atom is -0.493 e. The zero-order valence-corrected chi connectivity index (χ0v) is 19.1. The summed E-state index contributed by atoms with van der Waals surface area (Å²) < 4.78 is 42.3. The number of carbonyl (C=O) groups is 2. The van der Waals surface area contributed by atoms with E-state index in [0.717, 1.165) is 5.56 Å². The maximum absolute atomic E-state index is 12.8. The Morgan fingerprint density at radius 3 is 2.12 bits per heavy atom. The Morgan fingerprint density at radius 1 is 0.906 bits per heavy atom. The van der Waals surface area contributed by atoms with Crippen LogP contribution in [0.1, 0.15) is 15.9 Å². The molecule has 0 saturated carbocycles. The van der Waals surface area contributed by atoms with E-state index in [1.54, 1.807) is 30.3 Å². The van der Waals surface area contributed by atoms with E-state index in [-0.39, 0.29) is 42.5 Å². The van der Waals surface area contributed by atoms with E-state index in [4.69, 9.17) is 14.2 Å². The molecule has 0 spiro atoms. The maximum atomic E-state index is 12.8. The SMILES string of the molecule is COc1ccc(C(=O)OCC(=O)N2CCN(S(=O)(=O)c3ccc(C)cc3)CC2)cc1OC. The standard InChI is InChI=1S/C22H26N2O7S/c1-16-4-7-18(8-5-16)32(27,28)24-12-10-23(11-13-24)21(25)15-31-22(26)17-6-9-19(29-2)20(14-17)30-3/h4-9,14H,10-13,15H2,1-3H3. The first-order valence-corrected chi connectivity index (χ1v) is 11.4. The van der Waals surface area contributed by atoms with Crippen molar-refractivity contribution in [2.45, 2.75) is 11.8 Å². The van der Waals surface area contributed by atoms with E-state index in [1.165, 1.54) is 35.6 Å². The first-order valence-electron chi connectivity index (χ1n) is 10.00. The van der Waals surface area contributed by atoms with Gasteiger partial charge in [-0.15, -0.1) is 0 Å². The van der Waals surface area contributed by atoms with Crippen molar-refractivity contribution < 1.29 is 32.2 Å². The molecule has 0 atom stereocenters. The van der Waals surface area contributed by atoms with E-state index >= 15 is 0 Å². The molecule has 32 heavy (non-hydrogen) atoms. The predicted octanol–water partition coefficient (Wildman–Crippen LogP) is 1.70. The Kier molecular flexibility index (Phi) is 7.37. The lowest BCUT2D eigenvalue weighted by Crippen LogP contribution is -2.51. The number of esters is 1. The number of methoxy groups -OCH3 is 2. The van der Waals surface area contributed by atoms with Gasteiger partial charge in [-0.25, -0.2) is 13.2 Å². The van der Waals surface area contributed by atoms with Crippen molar-refractivity contribution in [3.05, 3.63) is 53.6 Å². The molecule has 3 rings (SSSR count). The summed E-state index contributed by atoms with van der Waals surface area (Å²) in [7, 11) is -0.674. The van der Waals surface area contributed by atoms with Crippen LogP contribution in [-0.4, -0.2) is 76.5 Å². The lowest BCUT2D eigenvalue weighted by molar-refractivity contribution is -0.135. The van der Waals surface area contributed by atoms with E-state index in [0.29, 0.717) is 11.5 Å². The monoisotopic (exact) mass is 462 g/mol. The van der Waals surface area contributed by atoms with Crippen LogP contribution in [0.3, 0.4) is 0 Å². The molecule has 172 valence electrons. The lowest BCUT2D eigenvalue weighted by atomic mass is 10.2. The molecular weight excluding hydrogens is 436 g/mol. The van der Waals surface area contributed by atoms with Crippen LogP contribution in [0.25, 0.3) is 0 Å². The fraction of sp³-hybridized carbons (Fsp3) is 0.364. The summed E-state index contributed by atoms with van der Waals surface area (Å²) in [6.45, 7) is 2.24. The highest BCUT2D eigenvalue weighted by Gasteiger charge is 2.30. The molecule has 1 aliphatic heterocycles. The Morgan fingerprint density at radius 2 is 1.53 bits per heavy atom. The van der Waals surface area contributed by atoms with Crippen LogP contribution < -0.4 is 9.47 Å². The third kappa shape index (κ3) is 5.20. The summed E-state index contributed by atoms with van der Waals surface area (Å²) in [4.78, 5) is 26.5. The van der Waals surface area contributed by atoms with E-state index in [9.17, 15) is 18.0 Å². The minimum absolute atomic E-state index is 0.172. The normalized spacial score (nSPS) is 14.7. The molecule has 2 aromatic carbocycles. The van der Waals surface area contributed by atoms with Gasteiger partial charge in [0.25, 0.3) is 5.91 Å². The number of ether oxygens (including phenoxy) is 3. The molecule has 0 aromatic heterocycles. The Labute approximate surface area is 187 Å². The zero-order valence-electron chi connectivity index (χ0n) is 18.2.